The van der Waals surface area contributed by atoms with Crippen molar-refractivity contribution in [3.63, 3.8) is 0 Å². The Bertz CT molecular complexity index is 231. The summed E-state index contributed by atoms with van der Waals surface area (Å²) in [5.41, 5.74) is 0.959. The molecule has 0 saturated heterocycles. The van der Waals surface area contributed by atoms with E-state index >= 15 is 0 Å². The molecule has 0 bridgehead atoms. The topological polar surface area (TPSA) is 26.3 Å². The molecule has 1 aromatic rings. The zero-order valence-corrected chi connectivity index (χ0v) is 9.43. The standard InChI is InChI=1S/C9H9O2.Re/c1-11-9-4-2-8(3-5-9)6-7-10;/h2-5H,6H2,1H3;/q-1;. The first kappa shape index (κ1) is 11.4. The Morgan fingerprint density at radius 1 is 1.33 bits per heavy atom. The predicted molar refractivity (Wildman–Crippen MR) is 42.4 cm³/mol. The average Bonchev–Trinajstić information content (AvgIpc) is 2.07. The van der Waals surface area contributed by atoms with Gasteiger partial charge in [0.25, 0.3) is 0 Å². The predicted octanol–water partition coefficient (Wildman–Crippen LogP) is 1.34. The second kappa shape index (κ2) is 5.93. The van der Waals surface area contributed by atoms with Gasteiger partial charge in [0, 0.05) is 20.4 Å². The van der Waals surface area contributed by atoms with E-state index in [0.717, 1.165) is 11.3 Å². The van der Waals surface area contributed by atoms with Gasteiger partial charge >= 0.3 is 0 Å². The largest absolute Gasteiger partial charge is 0.541 e. The zero-order chi connectivity index (χ0) is 8.10. The summed E-state index contributed by atoms with van der Waals surface area (Å²) in [6, 6.07) is 7.35. The molecule has 0 spiro atoms. The van der Waals surface area contributed by atoms with Gasteiger partial charge in [-0.15, -0.1) is 6.42 Å². The van der Waals surface area contributed by atoms with E-state index in [4.69, 9.17) is 4.74 Å². The van der Waals surface area contributed by atoms with Crippen LogP contribution in [0.2, 0.25) is 0 Å². The zero-order valence-electron chi connectivity index (χ0n) is 6.71. The van der Waals surface area contributed by atoms with Gasteiger partial charge in [-0.25, -0.2) is 0 Å². The van der Waals surface area contributed by atoms with Crippen LogP contribution >= 0.6 is 0 Å². The van der Waals surface area contributed by atoms with Crippen molar-refractivity contribution in [3.05, 3.63) is 29.8 Å². The van der Waals surface area contributed by atoms with Crippen molar-refractivity contribution >= 4 is 6.29 Å². The molecular weight excluding hydrogens is 326 g/mol. The second-order valence-corrected chi connectivity index (χ2v) is 2.17. The van der Waals surface area contributed by atoms with Gasteiger partial charge < -0.3 is 9.53 Å². The maximum absolute atomic E-state index is 9.97. The molecule has 0 unspecified atom stereocenters. The van der Waals surface area contributed by atoms with Crippen LogP contribution in [0.25, 0.3) is 0 Å². The molecule has 0 N–H and O–H groups in total. The van der Waals surface area contributed by atoms with Crippen molar-refractivity contribution in [3.8, 4) is 5.75 Å². The average molecular weight is 335 g/mol. The van der Waals surface area contributed by atoms with E-state index in [-0.39, 0.29) is 20.4 Å². The van der Waals surface area contributed by atoms with Gasteiger partial charge in [-0.3, -0.25) is 6.29 Å². The van der Waals surface area contributed by atoms with Crippen LogP contribution in [-0.2, 0) is 31.6 Å². The number of methoxy groups -OCH3 is 1. The van der Waals surface area contributed by atoms with Crippen molar-refractivity contribution in [1.29, 1.82) is 0 Å². The van der Waals surface area contributed by atoms with Crippen LogP contribution in [0.5, 0.6) is 5.75 Å². The summed E-state index contributed by atoms with van der Waals surface area (Å²) in [5, 5.41) is 0. The van der Waals surface area contributed by atoms with Gasteiger partial charge in [0.2, 0.25) is 0 Å². The third-order valence-electron chi connectivity index (χ3n) is 1.44. The summed E-state index contributed by atoms with van der Waals surface area (Å²) in [6.07, 6.45) is 2.18. The molecule has 65 valence electrons. The molecule has 3 heteroatoms. The molecule has 0 aliphatic rings. The number of hydrogen-bond donors (Lipinski definition) is 0. The van der Waals surface area contributed by atoms with E-state index in [9.17, 15) is 4.79 Å². The molecule has 0 atom stereocenters. The van der Waals surface area contributed by atoms with E-state index in [1.54, 1.807) is 7.11 Å². The van der Waals surface area contributed by atoms with Gasteiger partial charge in [-0.1, -0.05) is 17.7 Å². The Morgan fingerprint density at radius 3 is 2.33 bits per heavy atom. The number of rotatable bonds is 3. The fraction of sp³-hybridized carbons (Fsp3) is 0.222. The molecule has 1 aromatic carbocycles. The van der Waals surface area contributed by atoms with Gasteiger partial charge in [0.05, 0.1) is 7.11 Å². The summed E-state index contributed by atoms with van der Waals surface area (Å²) >= 11 is 0. The maximum Gasteiger partial charge on any atom is 0.118 e. The monoisotopic (exact) mass is 336 g/mol. The third-order valence-corrected chi connectivity index (χ3v) is 1.44. The molecule has 12 heavy (non-hydrogen) atoms. The van der Waals surface area contributed by atoms with Crippen LogP contribution < -0.4 is 4.74 Å². The number of benzene rings is 1. The van der Waals surface area contributed by atoms with Crippen LogP contribution in [0, 0.1) is 0 Å². The van der Waals surface area contributed by atoms with E-state index in [1.807, 2.05) is 30.6 Å². The van der Waals surface area contributed by atoms with Gasteiger partial charge in [0.1, 0.15) is 5.75 Å². The van der Waals surface area contributed by atoms with Gasteiger partial charge in [-0.2, -0.15) is 0 Å². The summed E-state index contributed by atoms with van der Waals surface area (Å²) in [6.45, 7) is 0. The molecule has 0 aromatic heterocycles. The van der Waals surface area contributed by atoms with Crippen LogP contribution in [0.1, 0.15) is 5.56 Å². The van der Waals surface area contributed by atoms with Crippen molar-refractivity contribution in [1.82, 2.24) is 0 Å². The first-order valence-corrected chi connectivity index (χ1v) is 3.34. The van der Waals surface area contributed by atoms with Crippen LogP contribution in [0.4, 0.5) is 0 Å². The summed E-state index contributed by atoms with van der Waals surface area (Å²) in [5.74, 6) is 0.805. The number of ether oxygens (including phenoxy) is 1. The fourth-order valence-corrected chi connectivity index (χ4v) is 0.827. The van der Waals surface area contributed by atoms with E-state index in [1.165, 1.54) is 0 Å². The fourth-order valence-electron chi connectivity index (χ4n) is 0.827. The summed E-state index contributed by atoms with van der Waals surface area (Å²) in [7, 11) is 1.61. The Hall–Kier alpha value is -0.648. The first-order valence-electron chi connectivity index (χ1n) is 3.34. The molecule has 0 aliphatic carbocycles. The molecule has 0 aliphatic heterocycles. The third kappa shape index (κ3) is 3.17. The normalized spacial score (nSPS) is 8.42. The molecular formula is C9H9O2Re-. The Labute approximate surface area is 85.6 Å². The van der Waals surface area contributed by atoms with Crippen LogP contribution in [0.15, 0.2) is 24.3 Å². The molecule has 0 amide bonds. The smallest absolute Gasteiger partial charge is 0.118 e. The molecule has 2 nitrogen and oxygen atoms in total. The van der Waals surface area contributed by atoms with Gasteiger partial charge in [0.15, 0.2) is 0 Å². The summed E-state index contributed by atoms with van der Waals surface area (Å²) < 4.78 is 4.95. The molecule has 0 fully saturated rings. The molecule has 1 radical (unpaired) electrons. The molecule has 0 saturated carbocycles. The minimum absolute atomic E-state index is 0. The van der Waals surface area contributed by atoms with E-state index in [2.05, 4.69) is 0 Å². The molecule has 0 heterocycles. The Kier molecular flexibility index (Phi) is 5.61. The number of hydrogen-bond acceptors (Lipinski definition) is 2. The van der Waals surface area contributed by atoms with Gasteiger partial charge in [-0.05, 0) is 12.1 Å². The van der Waals surface area contributed by atoms with Crippen molar-refractivity contribution in [2.75, 3.05) is 7.11 Å². The van der Waals surface area contributed by atoms with Crippen molar-refractivity contribution < 1.29 is 30.0 Å². The molecule has 1 rings (SSSR count). The second-order valence-electron chi connectivity index (χ2n) is 2.17. The summed E-state index contributed by atoms with van der Waals surface area (Å²) in [4.78, 5) is 9.97. The number of carbonyl (C=O) groups excluding carboxylic acids is 1. The van der Waals surface area contributed by atoms with Crippen LogP contribution in [0.3, 0.4) is 0 Å². The van der Waals surface area contributed by atoms with E-state index in [0.29, 0.717) is 6.42 Å². The van der Waals surface area contributed by atoms with Crippen LogP contribution in [-0.4, -0.2) is 13.4 Å². The maximum atomic E-state index is 9.97. The van der Waals surface area contributed by atoms with Crippen molar-refractivity contribution in [2.45, 2.75) is 6.42 Å². The Balaban J connectivity index is 0.00000121. The van der Waals surface area contributed by atoms with Crippen molar-refractivity contribution in [2.24, 2.45) is 0 Å². The minimum atomic E-state index is 0. The minimum Gasteiger partial charge on any atom is -0.541 e. The van der Waals surface area contributed by atoms with E-state index < -0.39 is 0 Å². The SMILES string of the molecule is COc1ccc(C[C-]=O)cc1.[Re]. The first-order chi connectivity index (χ1) is 5.36. The Morgan fingerprint density at radius 2 is 1.92 bits per heavy atom. The quantitative estimate of drug-likeness (QED) is 0.780.